The summed E-state index contributed by atoms with van der Waals surface area (Å²) in [6, 6.07) is 8.93. The summed E-state index contributed by atoms with van der Waals surface area (Å²) in [6.07, 6.45) is 8.28. The van der Waals surface area contributed by atoms with Crippen LogP contribution in [0.5, 0.6) is 0 Å². The zero-order valence-electron chi connectivity index (χ0n) is 11.5. The number of nitrogens with one attached hydrogen (secondary N) is 2. The van der Waals surface area contributed by atoms with Crippen molar-refractivity contribution >= 4 is 11.6 Å². The van der Waals surface area contributed by atoms with Gasteiger partial charge < -0.3 is 10.3 Å². The van der Waals surface area contributed by atoms with Gasteiger partial charge in [0.15, 0.2) is 0 Å². The van der Waals surface area contributed by atoms with Gasteiger partial charge in [-0.2, -0.15) is 0 Å². The van der Waals surface area contributed by atoms with Gasteiger partial charge in [0.25, 0.3) is 0 Å². The van der Waals surface area contributed by atoms with Crippen molar-refractivity contribution in [1.29, 1.82) is 0 Å². The molecule has 20 heavy (non-hydrogen) atoms. The third kappa shape index (κ3) is 3.41. The van der Waals surface area contributed by atoms with Gasteiger partial charge >= 0.3 is 0 Å². The van der Waals surface area contributed by atoms with E-state index in [0.717, 1.165) is 30.2 Å². The highest BCUT2D eigenvalue weighted by molar-refractivity contribution is 6.30. The van der Waals surface area contributed by atoms with E-state index >= 15 is 0 Å². The Hall–Kier alpha value is -1.32. The molecule has 2 aromatic rings. The molecule has 3 nitrogen and oxygen atoms in total. The van der Waals surface area contributed by atoms with E-state index in [0.29, 0.717) is 12.0 Å². The normalized spacial score (nSPS) is 21.6. The molecule has 0 saturated heterocycles. The molecule has 0 atom stereocenters. The van der Waals surface area contributed by atoms with Crippen molar-refractivity contribution in [3.63, 3.8) is 0 Å². The molecule has 1 fully saturated rings. The van der Waals surface area contributed by atoms with Crippen molar-refractivity contribution in [1.82, 2.24) is 15.3 Å². The van der Waals surface area contributed by atoms with E-state index in [1.807, 2.05) is 24.5 Å². The summed E-state index contributed by atoms with van der Waals surface area (Å²) in [5.74, 6) is 1.76. The summed E-state index contributed by atoms with van der Waals surface area (Å²) in [6.45, 7) is 1.06. The minimum absolute atomic E-state index is 0.663. The molecule has 0 unspecified atom stereocenters. The van der Waals surface area contributed by atoms with Crippen molar-refractivity contribution < 1.29 is 0 Å². The molecule has 3 rings (SSSR count). The SMILES string of the molecule is Clc1cccc(C2CC(NCCCc3ncc[nH]3)C2)c1. The lowest BCUT2D eigenvalue weighted by Gasteiger charge is -2.36. The number of nitrogens with zero attached hydrogens (tertiary/aromatic N) is 1. The van der Waals surface area contributed by atoms with E-state index in [1.165, 1.54) is 18.4 Å². The monoisotopic (exact) mass is 289 g/mol. The summed E-state index contributed by atoms with van der Waals surface area (Å²) in [4.78, 5) is 7.37. The molecule has 2 N–H and O–H groups in total. The highest BCUT2D eigenvalue weighted by Gasteiger charge is 2.29. The average molecular weight is 290 g/mol. The lowest BCUT2D eigenvalue weighted by atomic mass is 9.76. The van der Waals surface area contributed by atoms with Crippen LogP contribution in [-0.2, 0) is 6.42 Å². The van der Waals surface area contributed by atoms with E-state index in [1.54, 1.807) is 0 Å². The lowest BCUT2D eigenvalue weighted by molar-refractivity contribution is 0.290. The summed E-state index contributed by atoms with van der Waals surface area (Å²) in [5, 5.41) is 4.47. The summed E-state index contributed by atoms with van der Waals surface area (Å²) in [5.41, 5.74) is 1.38. The number of aromatic amines is 1. The van der Waals surface area contributed by atoms with Crippen LogP contribution < -0.4 is 5.32 Å². The van der Waals surface area contributed by atoms with Gasteiger partial charge in [-0.05, 0) is 49.4 Å². The maximum Gasteiger partial charge on any atom is 0.106 e. The Balaban J connectivity index is 1.34. The van der Waals surface area contributed by atoms with E-state index in [4.69, 9.17) is 11.6 Å². The predicted octanol–water partition coefficient (Wildman–Crippen LogP) is 3.53. The van der Waals surface area contributed by atoms with E-state index < -0.39 is 0 Å². The quantitative estimate of drug-likeness (QED) is 0.799. The summed E-state index contributed by atoms with van der Waals surface area (Å²) in [7, 11) is 0. The highest BCUT2D eigenvalue weighted by atomic mass is 35.5. The molecule has 0 aliphatic heterocycles. The molecule has 1 aromatic carbocycles. The predicted molar refractivity (Wildman–Crippen MR) is 82.1 cm³/mol. The number of H-pyrrole nitrogens is 1. The Kier molecular flexibility index (Phi) is 4.38. The smallest absolute Gasteiger partial charge is 0.106 e. The van der Waals surface area contributed by atoms with Gasteiger partial charge in [0.2, 0.25) is 0 Å². The Morgan fingerprint density at radius 2 is 2.25 bits per heavy atom. The Labute approximate surface area is 124 Å². The van der Waals surface area contributed by atoms with E-state index in [2.05, 4.69) is 27.4 Å². The number of imidazole rings is 1. The van der Waals surface area contributed by atoms with Gasteiger partial charge in [-0.25, -0.2) is 4.98 Å². The first-order valence-electron chi connectivity index (χ1n) is 7.28. The van der Waals surface area contributed by atoms with Crippen LogP contribution in [0.3, 0.4) is 0 Å². The molecule has 0 bridgehead atoms. The highest BCUT2D eigenvalue weighted by Crippen LogP contribution is 2.37. The van der Waals surface area contributed by atoms with Gasteiger partial charge in [-0.15, -0.1) is 0 Å². The number of aromatic nitrogens is 2. The largest absolute Gasteiger partial charge is 0.349 e. The van der Waals surface area contributed by atoms with Crippen molar-refractivity contribution in [3.05, 3.63) is 53.1 Å². The third-order valence-electron chi connectivity index (χ3n) is 4.04. The molecule has 1 saturated carbocycles. The number of hydrogen-bond donors (Lipinski definition) is 2. The number of hydrogen-bond acceptors (Lipinski definition) is 2. The van der Waals surface area contributed by atoms with E-state index in [9.17, 15) is 0 Å². The number of rotatable bonds is 6. The molecule has 1 aromatic heterocycles. The summed E-state index contributed by atoms with van der Waals surface area (Å²) >= 11 is 6.03. The van der Waals surface area contributed by atoms with Crippen LogP contribution in [0.25, 0.3) is 0 Å². The molecule has 0 spiro atoms. The van der Waals surface area contributed by atoms with Crippen molar-refractivity contribution in [3.8, 4) is 0 Å². The first-order chi connectivity index (χ1) is 9.81. The molecular formula is C16H20ClN3. The number of halogens is 1. The maximum atomic E-state index is 6.03. The number of aryl methyl sites for hydroxylation is 1. The van der Waals surface area contributed by atoms with Gasteiger partial charge in [-0.1, -0.05) is 23.7 Å². The lowest BCUT2D eigenvalue weighted by Crippen LogP contribution is -2.40. The number of benzene rings is 1. The second-order valence-electron chi connectivity index (χ2n) is 5.51. The van der Waals surface area contributed by atoms with Crippen LogP contribution in [0.4, 0.5) is 0 Å². The fourth-order valence-corrected chi connectivity index (χ4v) is 3.01. The fraction of sp³-hybridized carbons (Fsp3) is 0.438. The molecule has 0 amide bonds. The minimum Gasteiger partial charge on any atom is -0.349 e. The zero-order chi connectivity index (χ0) is 13.8. The van der Waals surface area contributed by atoms with Crippen molar-refractivity contribution in [2.24, 2.45) is 0 Å². The molecular weight excluding hydrogens is 270 g/mol. The molecule has 1 aliphatic rings. The standard InChI is InChI=1S/C16H20ClN3/c17-14-4-1-3-12(9-14)13-10-15(11-13)18-6-2-5-16-19-7-8-20-16/h1,3-4,7-9,13,15,18H,2,5-6,10-11H2,(H,19,20). The molecule has 1 aliphatic carbocycles. The topological polar surface area (TPSA) is 40.7 Å². The first kappa shape index (κ1) is 13.7. The minimum atomic E-state index is 0.663. The summed E-state index contributed by atoms with van der Waals surface area (Å²) < 4.78 is 0. The Bertz CT molecular complexity index is 532. The molecule has 1 heterocycles. The van der Waals surface area contributed by atoms with Crippen LogP contribution in [-0.4, -0.2) is 22.6 Å². The van der Waals surface area contributed by atoms with E-state index in [-0.39, 0.29) is 0 Å². The zero-order valence-corrected chi connectivity index (χ0v) is 12.2. The van der Waals surface area contributed by atoms with Gasteiger partial charge in [0, 0.05) is 29.9 Å². The Morgan fingerprint density at radius 3 is 3.00 bits per heavy atom. The maximum absolute atomic E-state index is 6.03. The first-order valence-corrected chi connectivity index (χ1v) is 7.66. The molecule has 0 radical (unpaired) electrons. The second kappa shape index (κ2) is 6.42. The van der Waals surface area contributed by atoms with Crippen LogP contribution in [0.2, 0.25) is 5.02 Å². The van der Waals surface area contributed by atoms with Crippen LogP contribution in [0.1, 0.15) is 36.6 Å². The third-order valence-corrected chi connectivity index (χ3v) is 4.27. The fourth-order valence-electron chi connectivity index (χ4n) is 2.81. The molecule has 4 heteroatoms. The average Bonchev–Trinajstić information content (AvgIpc) is 2.89. The van der Waals surface area contributed by atoms with Crippen molar-refractivity contribution in [2.45, 2.75) is 37.6 Å². The van der Waals surface area contributed by atoms with Gasteiger partial charge in [0.05, 0.1) is 0 Å². The molecule has 106 valence electrons. The van der Waals surface area contributed by atoms with Crippen molar-refractivity contribution in [2.75, 3.05) is 6.54 Å². The van der Waals surface area contributed by atoms with Crippen LogP contribution >= 0.6 is 11.6 Å². The van der Waals surface area contributed by atoms with Crippen LogP contribution in [0, 0.1) is 0 Å². The Morgan fingerprint density at radius 1 is 1.35 bits per heavy atom. The van der Waals surface area contributed by atoms with Crippen LogP contribution in [0.15, 0.2) is 36.7 Å². The van der Waals surface area contributed by atoms with Gasteiger partial charge in [0.1, 0.15) is 5.82 Å². The second-order valence-corrected chi connectivity index (χ2v) is 5.95. The van der Waals surface area contributed by atoms with Gasteiger partial charge in [-0.3, -0.25) is 0 Å².